The molecule has 0 aliphatic heterocycles. The van der Waals surface area contributed by atoms with Crippen molar-refractivity contribution in [2.24, 2.45) is 0 Å². The Hall–Kier alpha value is 0.677. The van der Waals surface area contributed by atoms with Gasteiger partial charge in [-0.15, -0.1) is 23.2 Å². The summed E-state index contributed by atoms with van der Waals surface area (Å²) in [6, 6.07) is 0. The normalized spacial score (nSPS) is 12.4. The second kappa shape index (κ2) is 9.68. The zero-order valence-electron chi connectivity index (χ0n) is 10.3. The molecule has 6 heteroatoms. The maximum absolute atomic E-state index is 5.96. The molecule has 0 aromatic heterocycles. The lowest BCUT2D eigenvalue weighted by molar-refractivity contribution is 0.0619. The van der Waals surface area contributed by atoms with Crippen molar-refractivity contribution >= 4 is 32.0 Å². The third kappa shape index (κ3) is 5.84. The molecule has 0 fully saturated rings. The van der Waals surface area contributed by atoms with Crippen LogP contribution in [0.5, 0.6) is 0 Å². The Morgan fingerprint density at radius 2 is 1.12 bits per heavy atom. The molecule has 0 radical (unpaired) electrons. The molecule has 0 saturated carbocycles. The van der Waals surface area contributed by atoms with E-state index in [4.69, 9.17) is 36.5 Å². The van der Waals surface area contributed by atoms with E-state index in [1.54, 1.807) is 0 Å². The van der Waals surface area contributed by atoms with Gasteiger partial charge in [-0.25, -0.2) is 0 Å². The van der Waals surface area contributed by atoms with Gasteiger partial charge in [0, 0.05) is 19.8 Å². The van der Waals surface area contributed by atoms with Crippen LogP contribution in [0.3, 0.4) is 0 Å². The molecule has 0 aromatic rings. The number of rotatable bonds is 10. The first kappa shape index (κ1) is 16.7. The molecule has 0 heterocycles. The van der Waals surface area contributed by atoms with Gasteiger partial charge in [0.15, 0.2) is 4.46 Å². The van der Waals surface area contributed by atoms with Crippen LogP contribution in [0, 0.1) is 0 Å². The summed E-state index contributed by atoms with van der Waals surface area (Å²) in [4.78, 5) is 0. The van der Waals surface area contributed by atoms with E-state index in [9.17, 15) is 0 Å². The Bertz CT molecular complexity index is 148. The van der Waals surface area contributed by atoms with Gasteiger partial charge >= 0.3 is 8.80 Å². The summed E-state index contributed by atoms with van der Waals surface area (Å²) in [5.41, 5.74) is 0. The van der Waals surface area contributed by atoms with Crippen molar-refractivity contribution < 1.29 is 13.3 Å². The van der Waals surface area contributed by atoms with E-state index < -0.39 is 13.3 Å². The maximum Gasteiger partial charge on any atom is 0.535 e. The largest absolute Gasteiger partial charge is 0.535 e. The van der Waals surface area contributed by atoms with E-state index in [1.165, 1.54) is 0 Å². The predicted molar refractivity (Wildman–Crippen MR) is 70.0 cm³/mol. The topological polar surface area (TPSA) is 27.7 Å². The smallest absolute Gasteiger partial charge is 0.372 e. The number of hydrogen-bond donors (Lipinski definition) is 0. The van der Waals surface area contributed by atoms with Crippen LogP contribution in [-0.2, 0) is 13.3 Å². The lowest BCUT2D eigenvalue weighted by Gasteiger charge is -2.30. The Kier molecular flexibility index (Phi) is 10.1. The van der Waals surface area contributed by atoms with E-state index in [-0.39, 0.29) is 0 Å². The van der Waals surface area contributed by atoms with Gasteiger partial charge in [0.25, 0.3) is 0 Å². The molecule has 16 heavy (non-hydrogen) atoms. The van der Waals surface area contributed by atoms with E-state index in [2.05, 4.69) is 0 Å². The second-order valence-electron chi connectivity index (χ2n) is 3.45. The van der Waals surface area contributed by atoms with Crippen molar-refractivity contribution in [3.05, 3.63) is 0 Å². The van der Waals surface area contributed by atoms with Crippen LogP contribution in [0.2, 0.25) is 0 Å². The summed E-state index contributed by atoms with van der Waals surface area (Å²) in [5, 5.41) is 0. The monoisotopic (exact) mass is 288 g/mol. The molecule has 3 nitrogen and oxygen atoms in total. The lowest BCUT2D eigenvalue weighted by atomic mass is 10.5. The highest BCUT2D eigenvalue weighted by molar-refractivity contribution is 6.81. The molecule has 0 saturated heterocycles. The highest BCUT2D eigenvalue weighted by Gasteiger charge is 2.48. The number of halogens is 2. The average molecular weight is 289 g/mol. The Morgan fingerprint density at radius 3 is 1.31 bits per heavy atom. The van der Waals surface area contributed by atoms with Crippen molar-refractivity contribution in [3.63, 3.8) is 0 Å². The first-order valence-electron chi connectivity index (χ1n) is 5.82. The maximum atomic E-state index is 5.96. The van der Waals surface area contributed by atoms with Gasteiger partial charge in [-0.3, -0.25) is 0 Å². The molecule has 0 unspecified atom stereocenters. The third-order valence-electron chi connectivity index (χ3n) is 1.79. The Labute approximate surface area is 110 Å². The standard InChI is InChI=1S/C10H22Cl2O3Si/c1-4-7-13-16(10(11)12,14-8-5-2)15-9-6-3/h10H,4-9H2,1-3H3. The summed E-state index contributed by atoms with van der Waals surface area (Å²) in [6.07, 6.45) is 2.67. The summed E-state index contributed by atoms with van der Waals surface area (Å²) in [7, 11) is -2.90. The van der Waals surface area contributed by atoms with E-state index in [1.807, 2.05) is 20.8 Å². The van der Waals surface area contributed by atoms with Crippen molar-refractivity contribution in [2.45, 2.75) is 44.5 Å². The van der Waals surface area contributed by atoms with Gasteiger partial charge in [-0.1, -0.05) is 20.8 Å². The minimum absolute atomic E-state index is 0.565. The third-order valence-corrected chi connectivity index (χ3v) is 5.75. The van der Waals surface area contributed by atoms with Crippen LogP contribution in [0.15, 0.2) is 0 Å². The van der Waals surface area contributed by atoms with Gasteiger partial charge in [0.05, 0.1) is 0 Å². The summed E-state index contributed by atoms with van der Waals surface area (Å²) >= 11 is 11.9. The van der Waals surface area contributed by atoms with Crippen LogP contribution >= 0.6 is 23.2 Å². The first-order valence-corrected chi connectivity index (χ1v) is 8.50. The number of hydrogen-bond acceptors (Lipinski definition) is 3. The zero-order chi connectivity index (χ0) is 12.4. The predicted octanol–water partition coefficient (Wildman–Crippen LogP) is 3.55. The highest BCUT2D eigenvalue weighted by atomic mass is 35.5. The van der Waals surface area contributed by atoms with Gasteiger partial charge in [-0.05, 0) is 19.3 Å². The minimum atomic E-state index is -2.90. The fourth-order valence-electron chi connectivity index (χ4n) is 1.05. The van der Waals surface area contributed by atoms with Gasteiger partial charge < -0.3 is 13.3 Å². The van der Waals surface area contributed by atoms with Crippen LogP contribution in [0.4, 0.5) is 0 Å². The molecule has 0 bridgehead atoms. The van der Waals surface area contributed by atoms with Gasteiger partial charge in [0.2, 0.25) is 0 Å². The van der Waals surface area contributed by atoms with E-state index >= 15 is 0 Å². The lowest BCUT2D eigenvalue weighted by Crippen LogP contribution is -2.52. The molecule has 0 N–H and O–H groups in total. The van der Waals surface area contributed by atoms with Crippen molar-refractivity contribution in [1.82, 2.24) is 0 Å². The molecule has 0 aliphatic carbocycles. The van der Waals surface area contributed by atoms with Crippen LogP contribution < -0.4 is 0 Å². The van der Waals surface area contributed by atoms with Crippen LogP contribution in [0.1, 0.15) is 40.0 Å². The fraction of sp³-hybridized carbons (Fsp3) is 1.00. The summed E-state index contributed by atoms with van der Waals surface area (Å²) in [5.74, 6) is 0. The average Bonchev–Trinajstić information content (AvgIpc) is 2.28. The molecular formula is C10H22Cl2O3Si. The molecule has 0 atom stereocenters. The fourth-order valence-corrected chi connectivity index (χ4v) is 4.27. The summed E-state index contributed by atoms with van der Waals surface area (Å²) < 4.78 is 16.3. The quantitative estimate of drug-likeness (QED) is 0.455. The molecule has 0 aliphatic rings. The van der Waals surface area contributed by atoms with Gasteiger partial charge in [0.1, 0.15) is 0 Å². The second-order valence-corrected chi connectivity index (χ2v) is 7.93. The van der Waals surface area contributed by atoms with Gasteiger partial charge in [-0.2, -0.15) is 0 Å². The van der Waals surface area contributed by atoms with Crippen LogP contribution in [0.25, 0.3) is 0 Å². The zero-order valence-corrected chi connectivity index (χ0v) is 12.8. The summed E-state index contributed by atoms with van der Waals surface area (Å²) in [6.45, 7) is 7.77. The molecule has 0 amide bonds. The van der Waals surface area contributed by atoms with Crippen LogP contribution in [-0.4, -0.2) is 33.1 Å². The molecule has 98 valence electrons. The van der Waals surface area contributed by atoms with E-state index in [0.717, 1.165) is 19.3 Å². The molecule has 0 aromatic carbocycles. The molecule has 0 rings (SSSR count). The van der Waals surface area contributed by atoms with E-state index in [0.29, 0.717) is 19.8 Å². The molecule has 0 spiro atoms. The Balaban J connectivity index is 4.46. The molecular weight excluding hydrogens is 267 g/mol. The van der Waals surface area contributed by atoms with Crippen molar-refractivity contribution in [2.75, 3.05) is 19.8 Å². The number of alkyl halides is 2. The SMILES string of the molecule is CCCO[Si](OCCC)(OCCC)C(Cl)Cl. The van der Waals surface area contributed by atoms with Crippen molar-refractivity contribution in [1.29, 1.82) is 0 Å². The van der Waals surface area contributed by atoms with Crippen molar-refractivity contribution in [3.8, 4) is 0 Å². The first-order chi connectivity index (χ1) is 7.63. The Morgan fingerprint density at radius 1 is 0.812 bits per heavy atom. The highest BCUT2D eigenvalue weighted by Crippen LogP contribution is 2.23. The minimum Gasteiger partial charge on any atom is -0.372 e.